The SMILES string of the molecule is CCCCc1ccc(NC(=S)NC[C@@H]2CCCO2)cc1. The third-order valence-corrected chi connectivity index (χ3v) is 3.79. The molecule has 20 heavy (non-hydrogen) atoms. The van der Waals surface area contributed by atoms with Crippen LogP contribution in [-0.4, -0.2) is 24.4 Å². The first kappa shape index (κ1) is 15.3. The standard InChI is InChI=1S/C16H24N2OS/c1-2-3-5-13-7-9-14(10-8-13)18-16(20)17-12-15-6-4-11-19-15/h7-10,15H,2-6,11-12H2,1H3,(H2,17,18,20)/t15-/m0/s1. The third kappa shape index (κ3) is 5.10. The number of rotatable bonds is 6. The summed E-state index contributed by atoms with van der Waals surface area (Å²) in [5, 5.41) is 7.10. The highest BCUT2D eigenvalue weighted by Gasteiger charge is 2.15. The highest BCUT2D eigenvalue weighted by molar-refractivity contribution is 7.80. The predicted molar refractivity (Wildman–Crippen MR) is 88.3 cm³/mol. The zero-order valence-corrected chi connectivity index (χ0v) is 13.0. The van der Waals surface area contributed by atoms with E-state index < -0.39 is 0 Å². The molecular weight excluding hydrogens is 268 g/mol. The van der Waals surface area contributed by atoms with Crippen molar-refractivity contribution in [2.24, 2.45) is 0 Å². The Balaban J connectivity index is 1.72. The van der Waals surface area contributed by atoms with Gasteiger partial charge in [0, 0.05) is 18.8 Å². The Kier molecular flexibility index (Phi) is 6.27. The molecule has 1 aliphatic rings. The largest absolute Gasteiger partial charge is 0.376 e. The highest BCUT2D eigenvalue weighted by Crippen LogP contribution is 2.12. The maximum absolute atomic E-state index is 5.56. The fourth-order valence-corrected chi connectivity index (χ4v) is 2.52. The average Bonchev–Trinajstić information content (AvgIpc) is 2.98. The van der Waals surface area contributed by atoms with Crippen LogP contribution in [0.25, 0.3) is 0 Å². The van der Waals surface area contributed by atoms with Crippen molar-refractivity contribution in [2.45, 2.75) is 45.1 Å². The van der Waals surface area contributed by atoms with E-state index >= 15 is 0 Å². The van der Waals surface area contributed by atoms with Crippen molar-refractivity contribution in [1.29, 1.82) is 0 Å². The van der Waals surface area contributed by atoms with Crippen molar-refractivity contribution < 1.29 is 4.74 Å². The lowest BCUT2D eigenvalue weighted by atomic mass is 10.1. The number of anilines is 1. The molecule has 0 unspecified atom stereocenters. The van der Waals surface area contributed by atoms with E-state index in [0.717, 1.165) is 38.1 Å². The molecule has 110 valence electrons. The topological polar surface area (TPSA) is 33.3 Å². The van der Waals surface area contributed by atoms with Gasteiger partial charge >= 0.3 is 0 Å². The quantitative estimate of drug-likeness (QED) is 0.786. The Morgan fingerprint density at radius 3 is 2.80 bits per heavy atom. The molecular formula is C16H24N2OS. The number of thiocarbonyl (C=S) groups is 1. The number of ether oxygens (including phenoxy) is 1. The Morgan fingerprint density at radius 2 is 2.15 bits per heavy atom. The van der Waals surface area contributed by atoms with E-state index in [0.29, 0.717) is 11.2 Å². The zero-order chi connectivity index (χ0) is 14.2. The van der Waals surface area contributed by atoms with Crippen molar-refractivity contribution in [3.8, 4) is 0 Å². The zero-order valence-electron chi connectivity index (χ0n) is 12.2. The highest BCUT2D eigenvalue weighted by atomic mass is 32.1. The molecule has 3 nitrogen and oxygen atoms in total. The van der Waals surface area contributed by atoms with Crippen LogP contribution in [0.2, 0.25) is 0 Å². The molecule has 2 rings (SSSR count). The van der Waals surface area contributed by atoms with Crippen LogP contribution in [0.3, 0.4) is 0 Å². The van der Waals surface area contributed by atoms with Crippen molar-refractivity contribution in [3.63, 3.8) is 0 Å². The molecule has 1 aliphatic heterocycles. The second kappa shape index (κ2) is 8.22. The van der Waals surface area contributed by atoms with E-state index in [1.54, 1.807) is 0 Å². The van der Waals surface area contributed by atoms with Gasteiger partial charge in [-0.1, -0.05) is 25.5 Å². The van der Waals surface area contributed by atoms with Crippen LogP contribution in [0.4, 0.5) is 5.69 Å². The lowest BCUT2D eigenvalue weighted by Gasteiger charge is -2.14. The maximum Gasteiger partial charge on any atom is 0.170 e. The Bertz CT molecular complexity index is 413. The van der Waals surface area contributed by atoms with Gasteiger partial charge < -0.3 is 15.4 Å². The molecule has 0 radical (unpaired) electrons. The summed E-state index contributed by atoms with van der Waals surface area (Å²) in [5.41, 5.74) is 2.42. The molecule has 0 bridgehead atoms. The maximum atomic E-state index is 5.56. The number of hydrogen-bond donors (Lipinski definition) is 2. The van der Waals surface area contributed by atoms with Gasteiger partial charge in [-0.15, -0.1) is 0 Å². The van der Waals surface area contributed by atoms with Gasteiger partial charge in [-0.05, 0) is 55.6 Å². The summed E-state index contributed by atoms with van der Waals surface area (Å²) >= 11 is 5.30. The summed E-state index contributed by atoms with van der Waals surface area (Å²) in [4.78, 5) is 0. The number of benzene rings is 1. The molecule has 1 heterocycles. The summed E-state index contributed by atoms with van der Waals surface area (Å²) < 4.78 is 5.56. The average molecular weight is 292 g/mol. The van der Waals surface area contributed by atoms with Crippen LogP contribution in [0.15, 0.2) is 24.3 Å². The number of nitrogens with one attached hydrogen (secondary N) is 2. The minimum atomic E-state index is 0.311. The van der Waals surface area contributed by atoms with Gasteiger partial charge in [0.15, 0.2) is 5.11 Å². The molecule has 1 aromatic carbocycles. The molecule has 0 amide bonds. The van der Waals surface area contributed by atoms with Crippen LogP contribution in [-0.2, 0) is 11.2 Å². The summed E-state index contributed by atoms with van der Waals surface area (Å²) in [7, 11) is 0. The minimum Gasteiger partial charge on any atom is -0.376 e. The number of hydrogen-bond acceptors (Lipinski definition) is 2. The summed E-state index contributed by atoms with van der Waals surface area (Å²) in [5.74, 6) is 0. The minimum absolute atomic E-state index is 0.311. The normalized spacial score (nSPS) is 17.9. The van der Waals surface area contributed by atoms with Crippen LogP contribution in [0, 0.1) is 0 Å². The van der Waals surface area contributed by atoms with Crippen LogP contribution >= 0.6 is 12.2 Å². The van der Waals surface area contributed by atoms with Crippen molar-refractivity contribution in [3.05, 3.63) is 29.8 Å². The van der Waals surface area contributed by atoms with Gasteiger partial charge in [0.1, 0.15) is 0 Å². The van der Waals surface area contributed by atoms with Crippen LogP contribution < -0.4 is 10.6 Å². The first-order valence-corrected chi connectivity index (χ1v) is 7.94. The first-order valence-electron chi connectivity index (χ1n) is 7.53. The summed E-state index contributed by atoms with van der Waals surface area (Å²) in [6, 6.07) is 8.51. The fourth-order valence-electron chi connectivity index (χ4n) is 2.32. The predicted octanol–water partition coefficient (Wildman–Crippen LogP) is 3.49. The van der Waals surface area contributed by atoms with Gasteiger partial charge in [-0.25, -0.2) is 0 Å². The van der Waals surface area contributed by atoms with E-state index in [2.05, 4.69) is 41.8 Å². The monoisotopic (exact) mass is 292 g/mol. The molecule has 1 aromatic rings. The molecule has 4 heteroatoms. The van der Waals surface area contributed by atoms with Gasteiger partial charge in [0.2, 0.25) is 0 Å². The Labute approximate surface area is 127 Å². The molecule has 2 N–H and O–H groups in total. The van der Waals surface area contributed by atoms with E-state index in [4.69, 9.17) is 17.0 Å². The van der Waals surface area contributed by atoms with Gasteiger partial charge in [0.05, 0.1) is 6.10 Å². The van der Waals surface area contributed by atoms with Gasteiger partial charge in [-0.2, -0.15) is 0 Å². The second-order valence-electron chi connectivity index (χ2n) is 5.27. The smallest absolute Gasteiger partial charge is 0.170 e. The van der Waals surface area contributed by atoms with Gasteiger partial charge in [0.25, 0.3) is 0 Å². The molecule has 0 aromatic heterocycles. The van der Waals surface area contributed by atoms with Gasteiger partial charge in [-0.3, -0.25) is 0 Å². The number of aryl methyl sites for hydroxylation is 1. The molecule has 0 spiro atoms. The Hall–Kier alpha value is -1.13. The summed E-state index contributed by atoms with van der Waals surface area (Å²) in [6.07, 6.45) is 6.23. The van der Waals surface area contributed by atoms with E-state index in [-0.39, 0.29) is 0 Å². The molecule has 0 aliphatic carbocycles. The molecule has 0 saturated carbocycles. The van der Waals surface area contributed by atoms with Crippen molar-refractivity contribution in [2.75, 3.05) is 18.5 Å². The van der Waals surface area contributed by atoms with E-state index in [1.165, 1.54) is 18.4 Å². The molecule has 1 atom stereocenters. The van der Waals surface area contributed by atoms with E-state index in [9.17, 15) is 0 Å². The van der Waals surface area contributed by atoms with Crippen LogP contribution in [0.5, 0.6) is 0 Å². The fraction of sp³-hybridized carbons (Fsp3) is 0.562. The second-order valence-corrected chi connectivity index (χ2v) is 5.68. The molecule has 1 fully saturated rings. The lowest BCUT2D eigenvalue weighted by molar-refractivity contribution is 0.114. The van der Waals surface area contributed by atoms with E-state index in [1.807, 2.05) is 0 Å². The number of unbranched alkanes of at least 4 members (excludes halogenated alkanes) is 1. The molecule has 1 saturated heterocycles. The Morgan fingerprint density at radius 1 is 1.35 bits per heavy atom. The summed E-state index contributed by atoms with van der Waals surface area (Å²) in [6.45, 7) is 3.89. The van der Waals surface area contributed by atoms with Crippen molar-refractivity contribution >= 4 is 23.0 Å². The van der Waals surface area contributed by atoms with Crippen LogP contribution in [0.1, 0.15) is 38.2 Å². The first-order chi connectivity index (χ1) is 9.78. The van der Waals surface area contributed by atoms with Crippen molar-refractivity contribution in [1.82, 2.24) is 5.32 Å². The lowest BCUT2D eigenvalue weighted by Crippen LogP contribution is -2.34. The third-order valence-electron chi connectivity index (χ3n) is 3.55.